The zero-order valence-electron chi connectivity index (χ0n) is 11.1. The van der Waals surface area contributed by atoms with Crippen molar-refractivity contribution in [3.63, 3.8) is 0 Å². The van der Waals surface area contributed by atoms with Crippen LogP contribution in [0.5, 0.6) is 5.75 Å². The Morgan fingerprint density at radius 1 is 1.20 bits per heavy atom. The largest absolute Gasteiger partial charge is 0.493 e. The van der Waals surface area contributed by atoms with E-state index in [9.17, 15) is 0 Å². The highest BCUT2D eigenvalue weighted by molar-refractivity contribution is 7.17. The van der Waals surface area contributed by atoms with Crippen LogP contribution in [0.25, 0.3) is 21.2 Å². The minimum absolute atomic E-state index is 0.524. The van der Waals surface area contributed by atoms with Crippen LogP contribution >= 0.6 is 11.3 Å². The molecule has 1 aromatic heterocycles. The van der Waals surface area contributed by atoms with Crippen LogP contribution in [-0.4, -0.2) is 6.61 Å². The molecule has 0 aliphatic carbocycles. The molecule has 0 amide bonds. The van der Waals surface area contributed by atoms with Crippen LogP contribution in [0.4, 0.5) is 0 Å². The molecule has 0 spiro atoms. The van der Waals surface area contributed by atoms with E-state index in [1.54, 1.807) is 11.3 Å². The second-order valence-corrected chi connectivity index (χ2v) is 5.99. The Hall–Kier alpha value is -1.84. The summed E-state index contributed by atoms with van der Waals surface area (Å²) in [6.45, 7) is 1.30. The van der Waals surface area contributed by atoms with Crippen molar-refractivity contribution in [1.29, 1.82) is 0 Å². The van der Waals surface area contributed by atoms with E-state index in [1.165, 1.54) is 26.8 Å². The molecule has 3 heteroatoms. The summed E-state index contributed by atoms with van der Waals surface area (Å²) >= 11 is 1.79. The van der Waals surface area contributed by atoms with Crippen LogP contribution in [0.1, 0.15) is 11.1 Å². The van der Waals surface area contributed by atoms with Gasteiger partial charge in [-0.25, -0.2) is 0 Å². The van der Waals surface area contributed by atoms with Crippen molar-refractivity contribution in [3.8, 4) is 16.9 Å². The zero-order chi connectivity index (χ0) is 13.5. The number of hydrogen-bond donors (Lipinski definition) is 1. The van der Waals surface area contributed by atoms with Crippen molar-refractivity contribution < 1.29 is 4.74 Å². The topological polar surface area (TPSA) is 35.2 Å². The first-order chi connectivity index (χ1) is 9.86. The fourth-order valence-corrected chi connectivity index (χ4v) is 3.85. The van der Waals surface area contributed by atoms with Crippen LogP contribution in [-0.2, 0) is 13.0 Å². The molecule has 0 fully saturated rings. The van der Waals surface area contributed by atoms with E-state index < -0.39 is 0 Å². The Labute approximate surface area is 121 Å². The molecule has 0 bridgehead atoms. The van der Waals surface area contributed by atoms with Crippen molar-refractivity contribution >= 4 is 21.4 Å². The third kappa shape index (κ3) is 1.74. The van der Waals surface area contributed by atoms with E-state index in [0.29, 0.717) is 6.54 Å². The lowest BCUT2D eigenvalue weighted by atomic mass is 9.97. The highest BCUT2D eigenvalue weighted by Crippen LogP contribution is 2.38. The van der Waals surface area contributed by atoms with Crippen LogP contribution in [0, 0.1) is 0 Å². The predicted octanol–water partition coefficient (Wildman–Crippen LogP) is 3.96. The maximum atomic E-state index is 5.89. The Morgan fingerprint density at radius 2 is 2.15 bits per heavy atom. The maximum Gasteiger partial charge on any atom is 0.127 e. The quantitative estimate of drug-likeness (QED) is 0.771. The Bertz CT molecular complexity index is 791. The summed E-state index contributed by atoms with van der Waals surface area (Å²) in [4.78, 5) is 0. The fourth-order valence-electron chi connectivity index (χ4n) is 2.92. The lowest BCUT2D eigenvalue weighted by Gasteiger charge is -2.10. The van der Waals surface area contributed by atoms with Crippen LogP contribution in [0.15, 0.2) is 41.8 Å². The first-order valence-electron chi connectivity index (χ1n) is 6.82. The number of fused-ring (bicyclic) bond motifs is 2. The van der Waals surface area contributed by atoms with Gasteiger partial charge in [-0.15, -0.1) is 11.3 Å². The van der Waals surface area contributed by atoms with Crippen molar-refractivity contribution in [2.24, 2.45) is 5.73 Å². The van der Waals surface area contributed by atoms with Gasteiger partial charge < -0.3 is 10.5 Å². The number of thiophene rings is 1. The van der Waals surface area contributed by atoms with Gasteiger partial charge in [0.1, 0.15) is 5.75 Å². The van der Waals surface area contributed by atoms with Gasteiger partial charge in [0.15, 0.2) is 0 Å². The summed E-state index contributed by atoms with van der Waals surface area (Å²) in [5, 5.41) is 3.45. The molecule has 0 atom stereocenters. The van der Waals surface area contributed by atoms with E-state index in [-0.39, 0.29) is 0 Å². The van der Waals surface area contributed by atoms with Crippen LogP contribution in [0.3, 0.4) is 0 Å². The number of nitrogens with two attached hydrogens (primary N) is 1. The Balaban J connectivity index is 1.96. The van der Waals surface area contributed by atoms with Gasteiger partial charge >= 0.3 is 0 Å². The first-order valence-corrected chi connectivity index (χ1v) is 7.70. The molecule has 2 N–H and O–H groups in total. The monoisotopic (exact) mass is 281 g/mol. The average molecular weight is 281 g/mol. The number of hydrogen-bond acceptors (Lipinski definition) is 3. The highest BCUT2D eigenvalue weighted by Gasteiger charge is 2.18. The molecule has 100 valence electrons. The predicted molar refractivity (Wildman–Crippen MR) is 84.4 cm³/mol. The SMILES string of the molecule is NCc1cc(-c2cccc3ccsc23)cc2c1OCC2. The Morgan fingerprint density at radius 3 is 3.05 bits per heavy atom. The standard InChI is InChI=1S/C17H15NOS/c18-10-14-9-13(8-12-4-6-19-16(12)14)15-3-1-2-11-5-7-20-17(11)15/h1-3,5,7-9H,4,6,10,18H2. The third-order valence-corrected chi connectivity index (χ3v) is 4.83. The molecule has 20 heavy (non-hydrogen) atoms. The van der Waals surface area contributed by atoms with Gasteiger partial charge in [-0.1, -0.05) is 18.2 Å². The lowest BCUT2D eigenvalue weighted by molar-refractivity contribution is 0.353. The molecule has 0 saturated heterocycles. The van der Waals surface area contributed by atoms with Crippen molar-refractivity contribution in [2.75, 3.05) is 6.61 Å². The second-order valence-electron chi connectivity index (χ2n) is 5.07. The summed E-state index contributed by atoms with van der Waals surface area (Å²) in [5.74, 6) is 1.01. The highest BCUT2D eigenvalue weighted by atomic mass is 32.1. The van der Waals surface area contributed by atoms with Crippen LogP contribution in [0.2, 0.25) is 0 Å². The first kappa shape index (κ1) is 11.9. The molecule has 1 aliphatic rings. The summed E-state index contributed by atoms with van der Waals surface area (Å²) < 4.78 is 7.05. The van der Waals surface area contributed by atoms with Gasteiger partial charge in [0.05, 0.1) is 6.61 Å². The molecular weight excluding hydrogens is 266 g/mol. The number of benzene rings is 2. The fraction of sp³-hybridized carbons (Fsp3) is 0.176. The minimum atomic E-state index is 0.524. The summed E-state index contributed by atoms with van der Waals surface area (Å²) in [7, 11) is 0. The van der Waals surface area contributed by atoms with E-state index >= 15 is 0 Å². The normalized spacial score (nSPS) is 13.4. The Kier molecular flexibility index (Phi) is 2.76. The molecule has 0 saturated carbocycles. The summed E-state index contributed by atoms with van der Waals surface area (Å²) in [5.41, 5.74) is 10.8. The molecule has 1 aliphatic heterocycles. The van der Waals surface area contributed by atoms with Gasteiger partial charge in [-0.05, 0) is 45.7 Å². The van der Waals surface area contributed by atoms with Crippen molar-refractivity contribution in [2.45, 2.75) is 13.0 Å². The van der Waals surface area contributed by atoms with Gasteiger partial charge in [0, 0.05) is 23.2 Å². The average Bonchev–Trinajstić information content (AvgIpc) is 3.13. The lowest BCUT2D eigenvalue weighted by Crippen LogP contribution is -2.00. The summed E-state index contributed by atoms with van der Waals surface area (Å²) in [6.07, 6.45) is 0.983. The molecule has 0 radical (unpaired) electrons. The minimum Gasteiger partial charge on any atom is -0.493 e. The molecule has 4 rings (SSSR count). The van der Waals surface area contributed by atoms with Gasteiger partial charge in [0.25, 0.3) is 0 Å². The van der Waals surface area contributed by atoms with E-state index in [4.69, 9.17) is 10.5 Å². The maximum absolute atomic E-state index is 5.89. The van der Waals surface area contributed by atoms with E-state index in [1.807, 2.05) is 0 Å². The zero-order valence-corrected chi connectivity index (χ0v) is 11.9. The van der Waals surface area contributed by atoms with Gasteiger partial charge in [-0.3, -0.25) is 0 Å². The smallest absolute Gasteiger partial charge is 0.127 e. The number of ether oxygens (including phenoxy) is 1. The van der Waals surface area contributed by atoms with Gasteiger partial charge in [-0.2, -0.15) is 0 Å². The van der Waals surface area contributed by atoms with E-state index in [0.717, 1.165) is 24.3 Å². The van der Waals surface area contributed by atoms with E-state index in [2.05, 4.69) is 41.8 Å². The molecule has 3 aromatic rings. The molecule has 0 unspecified atom stereocenters. The van der Waals surface area contributed by atoms with Crippen molar-refractivity contribution in [1.82, 2.24) is 0 Å². The molecule has 2 heterocycles. The van der Waals surface area contributed by atoms with Gasteiger partial charge in [0.2, 0.25) is 0 Å². The molecule has 2 aromatic carbocycles. The van der Waals surface area contributed by atoms with Crippen molar-refractivity contribution in [3.05, 3.63) is 52.9 Å². The second kappa shape index (κ2) is 4.62. The summed E-state index contributed by atoms with van der Waals surface area (Å²) in [6, 6.07) is 13.1. The molecule has 2 nitrogen and oxygen atoms in total. The molecular formula is C17H15NOS. The third-order valence-electron chi connectivity index (χ3n) is 3.87. The van der Waals surface area contributed by atoms with Crippen LogP contribution < -0.4 is 10.5 Å². The number of rotatable bonds is 2.